The summed E-state index contributed by atoms with van der Waals surface area (Å²) in [7, 11) is 0. The molecule has 0 atom stereocenters. The highest BCUT2D eigenvalue weighted by Crippen LogP contribution is 2.32. The number of rotatable bonds is 12. The van der Waals surface area contributed by atoms with Gasteiger partial charge in [0.2, 0.25) is 0 Å². The van der Waals surface area contributed by atoms with Crippen LogP contribution in [0.2, 0.25) is 0 Å². The zero-order valence-corrected chi connectivity index (χ0v) is 15.1. The zero-order chi connectivity index (χ0) is 16.4. The Balaban J connectivity index is 1.60. The summed E-state index contributed by atoms with van der Waals surface area (Å²) >= 11 is 0. The summed E-state index contributed by atoms with van der Waals surface area (Å²) in [6, 6.07) is 8.70. The molecule has 0 saturated carbocycles. The largest absolute Gasteiger partial charge is 0.493 e. The predicted octanol–water partition coefficient (Wildman–Crippen LogP) is 5.79. The first-order chi connectivity index (χ1) is 11.3. The van der Waals surface area contributed by atoms with Crippen LogP contribution in [-0.4, -0.2) is 19.8 Å². The molecular formula is C21H34O2. The maximum Gasteiger partial charge on any atom is 0.119 e. The minimum Gasteiger partial charge on any atom is -0.493 e. The molecule has 1 heterocycles. The van der Waals surface area contributed by atoms with Crippen LogP contribution in [0.5, 0.6) is 5.75 Å². The van der Waals surface area contributed by atoms with Crippen LogP contribution >= 0.6 is 0 Å². The first-order valence-corrected chi connectivity index (χ1v) is 9.57. The van der Waals surface area contributed by atoms with Gasteiger partial charge >= 0.3 is 0 Å². The van der Waals surface area contributed by atoms with Crippen LogP contribution < -0.4 is 4.74 Å². The second-order valence-corrected chi connectivity index (χ2v) is 7.15. The molecule has 2 nitrogen and oxygen atoms in total. The Kier molecular flexibility index (Phi) is 7.94. The van der Waals surface area contributed by atoms with E-state index in [0.29, 0.717) is 0 Å². The molecule has 1 aromatic carbocycles. The lowest BCUT2D eigenvalue weighted by atomic mass is 9.84. The van der Waals surface area contributed by atoms with Crippen molar-refractivity contribution >= 4 is 0 Å². The molecule has 0 aliphatic carbocycles. The summed E-state index contributed by atoms with van der Waals surface area (Å²) in [4.78, 5) is 0. The van der Waals surface area contributed by atoms with Gasteiger partial charge in [-0.1, -0.05) is 64.5 Å². The number of unbranched alkanes of at least 4 members (excludes halogenated alkanes) is 6. The quantitative estimate of drug-likeness (QED) is 0.454. The number of aryl methyl sites for hydroxylation is 1. The topological polar surface area (TPSA) is 18.5 Å². The molecule has 1 aliphatic rings. The summed E-state index contributed by atoms with van der Waals surface area (Å²) in [6.45, 7) is 6.97. The van der Waals surface area contributed by atoms with Crippen molar-refractivity contribution in [1.29, 1.82) is 0 Å². The summed E-state index contributed by atoms with van der Waals surface area (Å²) in [6.07, 6.45) is 11.9. The molecule has 2 heteroatoms. The monoisotopic (exact) mass is 318 g/mol. The van der Waals surface area contributed by atoms with Crippen molar-refractivity contribution in [2.24, 2.45) is 5.41 Å². The first kappa shape index (κ1) is 18.3. The fourth-order valence-corrected chi connectivity index (χ4v) is 3.06. The SMILES string of the molecule is CCCCCCCCCc1ccc(OCC2(CC)COC2)cc1. The third kappa shape index (κ3) is 6.18. The van der Waals surface area contributed by atoms with Crippen molar-refractivity contribution in [3.05, 3.63) is 29.8 Å². The van der Waals surface area contributed by atoms with Gasteiger partial charge < -0.3 is 9.47 Å². The van der Waals surface area contributed by atoms with Crippen molar-refractivity contribution in [1.82, 2.24) is 0 Å². The van der Waals surface area contributed by atoms with Gasteiger partial charge in [0.25, 0.3) is 0 Å². The van der Waals surface area contributed by atoms with E-state index in [4.69, 9.17) is 9.47 Å². The van der Waals surface area contributed by atoms with Crippen molar-refractivity contribution in [2.75, 3.05) is 19.8 Å². The van der Waals surface area contributed by atoms with Crippen LogP contribution in [0.15, 0.2) is 24.3 Å². The molecule has 130 valence electrons. The average Bonchev–Trinajstić information content (AvgIpc) is 2.55. The Bertz CT molecular complexity index is 414. The highest BCUT2D eigenvalue weighted by atomic mass is 16.5. The molecule has 1 saturated heterocycles. The minimum atomic E-state index is 0.260. The van der Waals surface area contributed by atoms with E-state index in [9.17, 15) is 0 Å². The van der Waals surface area contributed by atoms with Crippen molar-refractivity contribution in [3.63, 3.8) is 0 Å². The Morgan fingerprint density at radius 2 is 1.57 bits per heavy atom. The average molecular weight is 319 g/mol. The number of ether oxygens (including phenoxy) is 2. The van der Waals surface area contributed by atoms with Crippen molar-refractivity contribution in [3.8, 4) is 5.75 Å². The zero-order valence-electron chi connectivity index (χ0n) is 15.1. The molecule has 1 aliphatic heterocycles. The van der Waals surface area contributed by atoms with Gasteiger partial charge in [0, 0.05) is 0 Å². The first-order valence-electron chi connectivity index (χ1n) is 9.57. The minimum absolute atomic E-state index is 0.260. The van der Waals surface area contributed by atoms with Crippen LogP contribution in [0.25, 0.3) is 0 Å². The lowest BCUT2D eigenvalue weighted by Gasteiger charge is -2.40. The smallest absolute Gasteiger partial charge is 0.119 e. The number of benzene rings is 1. The molecule has 0 radical (unpaired) electrons. The van der Waals surface area contributed by atoms with Crippen LogP contribution in [-0.2, 0) is 11.2 Å². The van der Waals surface area contributed by atoms with E-state index < -0.39 is 0 Å². The fraction of sp³-hybridized carbons (Fsp3) is 0.714. The van der Waals surface area contributed by atoms with Crippen molar-refractivity contribution < 1.29 is 9.47 Å². The molecule has 0 N–H and O–H groups in total. The lowest BCUT2D eigenvalue weighted by Crippen LogP contribution is -2.46. The van der Waals surface area contributed by atoms with Gasteiger partial charge in [0.05, 0.1) is 25.2 Å². The normalized spacial score (nSPS) is 16.1. The van der Waals surface area contributed by atoms with E-state index in [0.717, 1.165) is 32.0 Å². The summed E-state index contributed by atoms with van der Waals surface area (Å²) < 4.78 is 11.3. The van der Waals surface area contributed by atoms with Gasteiger partial charge in [-0.05, 0) is 37.0 Å². The summed E-state index contributed by atoms with van der Waals surface area (Å²) in [5, 5.41) is 0. The van der Waals surface area contributed by atoms with Crippen molar-refractivity contribution in [2.45, 2.75) is 71.6 Å². The Morgan fingerprint density at radius 1 is 0.913 bits per heavy atom. The predicted molar refractivity (Wildman–Crippen MR) is 97.2 cm³/mol. The molecule has 0 unspecified atom stereocenters. The van der Waals surface area contributed by atoms with E-state index >= 15 is 0 Å². The maximum atomic E-state index is 5.96. The van der Waals surface area contributed by atoms with Crippen LogP contribution in [0.1, 0.15) is 70.8 Å². The van der Waals surface area contributed by atoms with Gasteiger partial charge in [-0.3, -0.25) is 0 Å². The molecule has 0 aromatic heterocycles. The Labute approximate surface area is 142 Å². The van der Waals surface area contributed by atoms with Gasteiger partial charge in [0.1, 0.15) is 5.75 Å². The van der Waals surface area contributed by atoms with E-state index in [1.54, 1.807) is 0 Å². The van der Waals surface area contributed by atoms with E-state index in [-0.39, 0.29) is 5.41 Å². The van der Waals surface area contributed by atoms with Crippen LogP contribution in [0, 0.1) is 5.41 Å². The molecule has 2 rings (SSSR count). The van der Waals surface area contributed by atoms with E-state index in [1.165, 1.54) is 56.9 Å². The molecular weight excluding hydrogens is 284 g/mol. The third-order valence-electron chi connectivity index (χ3n) is 5.10. The summed E-state index contributed by atoms with van der Waals surface area (Å²) in [5.41, 5.74) is 1.69. The fourth-order valence-electron chi connectivity index (χ4n) is 3.06. The van der Waals surface area contributed by atoms with Gasteiger partial charge in [-0.2, -0.15) is 0 Å². The molecule has 1 aromatic rings. The standard InChI is InChI=1S/C21H34O2/c1-3-5-6-7-8-9-10-11-19-12-14-20(15-13-19)23-18-21(4-2)16-22-17-21/h12-15H,3-11,16-18H2,1-2H3. The highest BCUT2D eigenvalue weighted by Gasteiger charge is 2.37. The van der Waals surface area contributed by atoms with Gasteiger partial charge in [0.15, 0.2) is 0 Å². The molecule has 1 fully saturated rings. The Morgan fingerprint density at radius 3 is 2.13 bits per heavy atom. The number of hydrogen-bond donors (Lipinski definition) is 0. The third-order valence-corrected chi connectivity index (χ3v) is 5.10. The molecule has 23 heavy (non-hydrogen) atoms. The Hall–Kier alpha value is -1.02. The molecule has 0 spiro atoms. The number of hydrogen-bond acceptors (Lipinski definition) is 2. The van der Waals surface area contributed by atoms with E-state index in [1.807, 2.05) is 0 Å². The van der Waals surface area contributed by atoms with Crippen LogP contribution in [0.4, 0.5) is 0 Å². The second-order valence-electron chi connectivity index (χ2n) is 7.15. The molecule has 0 bridgehead atoms. The van der Waals surface area contributed by atoms with Gasteiger partial charge in [-0.25, -0.2) is 0 Å². The maximum absolute atomic E-state index is 5.96. The molecule has 0 amide bonds. The van der Waals surface area contributed by atoms with E-state index in [2.05, 4.69) is 38.1 Å². The highest BCUT2D eigenvalue weighted by molar-refractivity contribution is 5.27. The lowest BCUT2D eigenvalue weighted by molar-refractivity contribution is -0.133. The summed E-state index contributed by atoms with van der Waals surface area (Å²) in [5.74, 6) is 0.994. The van der Waals surface area contributed by atoms with Gasteiger partial charge in [-0.15, -0.1) is 0 Å². The van der Waals surface area contributed by atoms with Crippen LogP contribution in [0.3, 0.4) is 0 Å². The second kappa shape index (κ2) is 9.97.